The van der Waals surface area contributed by atoms with Crippen LogP contribution < -0.4 is 10.6 Å². The van der Waals surface area contributed by atoms with Gasteiger partial charge in [-0.1, -0.05) is 0 Å². The molecule has 2 N–H and O–H groups in total. The van der Waals surface area contributed by atoms with Crippen molar-refractivity contribution in [3.63, 3.8) is 0 Å². The highest BCUT2D eigenvalue weighted by Gasteiger charge is 2.20. The minimum absolute atomic E-state index is 0.0201. The maximum atomic E-state index is 11.2. The third-order valence-corrected chi connectivity index (χ3v) is 2.47. The van der Waals surface area contributed by atoms with Gasteiger partial charge >= 0.3 is 0 Å². The number of hydrogen-bond donors (Lipinski definition) is 2. The molecule has 1 amide bonds. The van der Waals surface area contributed by atoms with Gasteiger partial charge in [0.2, 0.25) is 5.91 Å². The summed E-state index contributed by atoms with van der Waals surface area (Å²) >= 11 is 0. The number of fused-ring (bicyclic) bond motifs is 1. The first-order chi connectivity index (χ1) is 7.50. The number of nitrogens with zero attached hydrogens (tertiary/aromatic N) is 1. The molecule has 0 spiro atoms. The van der Waals surface area contributed by atoms with Crippen molar-refractivity contribution in [2.24, 2.45) is 0 Å². The van der Waals surface area contributed by atoms with Crippen molar-refractivity contribution >= 4 is 17.3 Å². The number of nitrogens with one attached hydrogen (secondary N) is 2. The molecule has 0 fully saturated rings. The van der Waals surface area contributed by atoms with E-state index in [9.17, 15) is 4.79 Å². The minimum Gasteiger partial charge on any atom is -0.368 e. The van der Waals surface area contributed by atoms with Crippen molar-refractivity contribution < 1.29 is 4.79 Å². The third-order valence-electron chi connectivity index (χ3n) is 2.47. The molecule has 0 aliphatic carbocycles. The molecule has 0 atom stereocenters. The van der Waals surface area contributed by atoms with Crippen LogP contribution in [0.5, 0.6) is 0 Å². The van der Waals surface area contributed by atoms with Gasteiger partial charge in [-0.05, 0) is 37.6 Å². The van der Waals surface area contributed by atoms with Crippen molar-refractivity contribution in [3.05, 3.63) is 23.8 Å². The molecule has 0 unspecified atom stereocenters. The highest BCUT2D eigenvalue weighted by molar-refractivity contribution is 5.99. The van der Waals surface area contributed by atoms with Crippen LogP contribution >= 0.6 is 0 Å². The normalized spacial score (nSPS) is 13.9. The van der Waals surface area contributed by atoms with Crippen molar-refractivity contribution in [2.45, 2.75) is 25.8 Å². The van der Waals surface area contributed by atoms with E-state index in [4.69, 9.17) is 5.26 Å². The predicted octanol–water partition coefficient (Wildman–Crippen LogP) is 1.90. The lowest BCUT2D eigenvalue weighted by atomic mass is 10.1. The van der Waals surface area contributed by atoms with E-state index in [1.54, 1.807) is 0 Å². The zero-order valence-corrected chi connectivity index (χ0v) is 9.29. The summed E-state index contributed by atoms with van der Waals surface area (Å²) in [6.07, 6.45) is 0.415. The highest BCUT2D eigenvalue weighted by atomic mass is 16.1. The summed E-state index contributed by atoms with van der Waals surface area (Å²) in [5, 5.41) is 14.8. The SMILES string of the molecule is CC(C)(C#N)Nc1ccc2c(c1)CC(=O)N2. The quantitative estimate of drug-likeness (QED) is 0.791. The molecule has 82 valence electrons. The molecular weight excluding hydrogens is 202 g/mol. The van der Waals surface area contributed by atoms with Crippen molar-refractivity contribution in [2.75, 3.05) is 10.6 Å². The number of carbonyl (C=O) groups excluding carboxylic acids is 1. The van der Waals surface area contributed by atoms with E-state index in [2.05, 4.69) is 16.7 Å². The Morgan fingerprint density at radius 2 is 2.25 bits per heavy atom. The Labute approximate surface area is 94.3 Å². The van der Waals surface area contributed by atoms with Crippen LogP contribution in [0.2, 0.25) is 0 Å². The molecule has 2 rings (SSSR count). The maximum Gasteiger partial charge on any atom is 0.228 e. The van der Waals surface area contributed by atoms with Crippen LogP contribution in [0.4, 0.5) is 11.4 Å². The number of benzene rings is 1. The maximum absolute atomic E-state index is 11.2. The van der Waals surface area contributed by atoms with Crippen molar-refractivity contribution in [1.82, 2.24) is 0 Å². The van der Waals surface area contributed by atoms with Crippen molar-refractivity contribution in [3.8, 4) is 6.07 Å². The standard InChI is InChI=1S/C12H13N3O/c1-12(2,7-13)15-9-3-4-10-8(5-9)6-11(16)14-10/h3-5,15H,6H2,1-2H3,(H,14,16). The van der Waals surface area contributed by atoms with E-state index in [0.717, 1.165) is 16.9 Å². The number of nitriles is 1. The van der Waals surface area contributed by atoms with Gasteiger partial charge in [0, 0.05) is 11.4 Å². The number of hydrogen-bond acceptors (Lipinski definition) is 3. The second-order valence-electron chi connectivity index (χ2n) is 4.46. The van der Waals surface area contributed by atoms with Gasteiger partial charge in [-0.25, -0.2) is 0 Å². The topological polar surface area (TPSA) is 64.9 Å². The molecule has 0 saturated heterocycles. The second kappa shape index (κ2) is 3.53. The number of carbonyl (C=O) groups is 1. The first kappa shape index (κ1) is 10.5. The molecule has 1 aromatic carbocycles. The zero-order chi connectivity index (χ0) is 11.8. The molecule has 16 heavy (non-hydrogen) atoms. The van der Waals surface area contributed by atoms with Crippen LogP contribution in [0, 0.1) is 11.3 Å². The van der Waals surface area contributed by atoms with Gasteiger partial charge in [0.15, 0.2) is 0 Å². The van der Waals surface area contributed by atoms with E-state index in [-0.39, 0.29) is 5.91 Å². The summed E-state index contributed by atoms with van der Waals surface area (Å²) in [4.78, 5) is 11.2. The summed E-state index contributed by atoms with van der Waals surface area (Å²) in [5.74, 6) is 0.0201. The average Bonchev–Trinajstić information content (AvgIpc) is 2.57. The van der Waals surface area contributed by atoms with Crippen molar-refractivity contribution in [1.29, 1.82) is 5.26 Å². The van der Waals surface area contributed by atoms with Gasteiger partial charge in [0.05, 0.1) is 12.5 Å². The Morgan fingerprint density at radius 3 is 2.94 bits per heavy atom. The Hall–Kier alpha value is -2.02. The van der Waals surface area contributed by atoms with Gasteiger partial charge in [-0.3, -0.25) is 4.79 Å². The third kappa shape index (κ3) is 1.98. The van der Waals surface area contributed by atoms with Crippen LogP contribution in [-0.2, 0) is 11.2 Å². The molecule has 0 radical (unpaired) electrons. The summed E-state index contributed by atoms with van der Waals surface area (Å²) in [6, 6.07) is 7.80. The highest BCUT2D eigenvalue weighted by Crippen LogP contribution is 2.27. The lowest BCUT2D eigenvalue weighted by Crippen LogP contribution is -2.28. The van der Waals surface area contributed by atoms with Crippen LogP contribution in [-0.4, -0.2) is 11.4 Å². The molecule has 0 bridgehead atoms. The fourth-order valence-electron chi connectivity index (χ4n) is 1.70. The molecule has 0 saturated carbocycles. The lowest BCUT2D eigenvalue weighted by molar-refractivity contribution is -0.115. The average molecular weight is 215 g/mol. The van der Waals surface area contributed by atoms with Gasteiger partial charge in [-0.15, -0.1) is 0 Å². The second-order valence-corrected chi connectivity index (χ2v) is 4.46. The fraction of sp³-hybridized carbons (Fsp3) is 0.333. The molecule has 1 aromatic rings. The van der Waals surface area contributed by atoms with E-state index >= 15 is 0 Å². The lowest BCUT2D eigenvalue weighted by Gasteiger charge is -2.19. The van der Waals surface area contributed by atoms with Crippen LogP contribution in [0.25, 0.3) is 0 Å². The first-order valence-electron chi connectivity index (χ1n) is 5.12. The Balaban J connectivity index is 2.24. The smallest absolute Gasteiger partial charge is 0.228 e. The summed E-state index contributed by atoms with van der Waals surface area (Å²) < 4.78 is 0. The van der Waals surface area contributed by atoms with Gasteiger partial charge in [0.25, 0.3) is 0 Å². The molecular formula is C12H13N3O. The molecule has 1 heterocycles. The van der Waals surface area contributed by atoms with Gasteiger partial charge in [0.1, 0.15) is 5.54 Å². The fourth-order valence-corrected chi connectivity index (χ4v) is 1.70. The monoisotopic (exact) mass is 215 g/mol. The van der Waals surface area contributed by atoms with E-state index in [0.29, 0.717) is 6.42 Å². The first-order valence-corrected chi connectivity index (χ1v) is 5.12. The number of anilines is 2. The zero-order valence-electron chi connectivity index (χ0n) is 9.29. The summed E-state index contributed by atoms with van der Waals surface area (Å²) in [6.45, 7) is 3.62. The molecule has 0 aromatic heterocycles. The van der Waals surface area contributed by atoms with E-state index in [1.165, 1.54) is 0 Å². The number of amides is 1. The Morgan fingerprint density at radius 1 is 1.50 bits per heavy atom. The van der Waals surface area contributed by atoms with Gasteiger partial charge < -0.3 is 10.6 Å². The Bertz CT molecular complexity index is 486. The van der Waals surface area contributed by atoms with E-state index < -0.39 is 5.54 Å². The minimum atomic E-state index is -0.607. The largest absolute Gasteiger partial charge is 0.368 e. The number of rotatable bonds is 2. The molecule has 4 nitrogen and oxygen atoms in total. The molecule has 1 aliphatic heterocycles. The summed E-state index contributed by atoms with van der Waals surface area (Å²) in [5.41, 5.74) is 2.10. The van der Waals surface area contributed by atoms with E-state index in [1.807, 2.05) is 32.0 Å². The molecule has 1 aliphatic rings. The predicted molar refractivity (Wildman–Crippen MR) is 62.1 cm³/mol. The van der Waals surface area contributed by atoms with Gasteiger partial charge in [-0.2, -0.15) is 5.26 Å². The van der Waals surface area contributed by atoms with Crippen LogP contribution in [0.3, 0.4) is 0 Å². The Kier molecular flexibility index (Phi) is 2.31. The van der Waals surface area contributed by atoms with Crippen LogP contribution in [0.15, 0.2) is 18.2 Å². The summed E-state index contributed by atoms with van der Waals surface area (Å²) in [7, 11) is 0. The molecule has 4 heteroatoms. The van der Waals surface area contributed by atoms with Crippen LogP contribution in [0.1, 0.15) is 19.4 Å².